The van der Waals surface area contributed by atoms with Gasteiger partial charge in [-0.05, 0) is 31.1 Å². The molecule has 0 radical (unpaired) electrons. The van der Waals surface area contributed by atoms with Crippen LogP contribution in [0.5, 0.6) is 0 Å². The van der Waals surface area contributed by atoms with E-state index in [0.29, 0.717) is 12.2 Å². The second-order valence-corrected chi connectivity index (χ2v) is 7.35. The van der Waals surface area contributed by atoms with Gasteiger partial charge < -0.3 is 9.67 Å². The first-order chi connectivity index (χ1) is 12.5. The molecule has 2 aliphatic heterocycles. The van der Waals surface area contributed by atoms with Gasteiger partial charge in [0, 0.05) is 37.3 Å². The predicted octanol–water partition coefficient (Wildman–Crippen LogP) is 2.30. The summed E-state index contributed by atoms with van der Waals surface area (Å²) >= 11 is 6.52. The van der Waals surface area contributed by atoms with Crippen molar-refractivity contribution < 1.29 is 5.11 Å². The lowest BCUT2D eigenvalue weighted by molar-refractivity contribution is 0.183. The van der Waals surface area contributed by atoms with Crippen molar-refractivity contribution in [1.82, 2.24) is 19.4 Å². The van der Waals surface area contributed by atoms with Crippen molar-refractivity contribution in [3.8, 4) is 0 Å². The van der Waals surface area contributed by atoms with E-state index in [2.05, 4.69) is 43.5 Å². The second-order valence-electron chi connectivity index (χ2n) is 6.88. The van der Waals surface area contributed by atoms with E-state index < -0.39 is 0 Å². The number of halogens is 1. The number of fused-ring (bicyclic) bond motifs is 1. The Hall–Kier alpha value is -2.02. The number of dihydropyridines is 1. The summed E-state index contributed by atoms with van der Waals surface area (Å²) in [5, 5.41) is 9.02. The van der Waals surface area contributed by atoms with Crippen LogP contribution in [-0.2, 0) is 19.7 Å². The summed E-state index contributed by atoms with van der Waals surface area (Å²) < 4.78 is 2.11. The molecule has 4 rings (SSSR count). The lowest BCUT2D eigenvalue weighted by Gasteiger charge is -2.33. The molecule has 7 heteroatoms. The van der Waals surface area contributed by atoms with E-state index >= 15 is 0 Å². The fraction of sp³-hybridized carbons (Fsp3) is 0.421. The fourth-order valence-corrected chi connectivity index (χ4v) is 3.84. The van der Waals surface area contributed by atoms with E-state index in [-0.39, 0.29) is 18.1 Å². The molecule has 1 N–H and O–H groups in total. The topological polar surface area (TPSA) is 66.5 Å². The van der Waals surface area contributed by atoms with Crippen molar-refractivity contribution >= 4 is 23.4 Å². The van der Waals surface area contributed by atoms with Crippen LogP contribution in [0.25, 0.3) is 5.57 Å². The molecule has 0 saturated heterocycles. The number of alkyl halides is 1. The van der Waals surface area contributed by atoms with Crippen molar-refractivity contribution in [3.05, 3.63) is 52.9 Å². The van der Waals surface area contributed by atoms with Crippen molar-refractivity contribution in [1.29, 1.82) is 0 Å². The zero-order valence-electron chi connectivity index (χ0n) is 14.9. The van der Waals surface area contributed by atoms with Gasteiger partial charge in [-0.25, -0.2) is 4.98 Å². The standard InChI is InChI=1S/C19H22ClN5O/c1-12-5-13(2)19(22-7-12)15-6-17(21-8-16(15)20)25-4-3-24-9-14(11-26)23-18(24)10-25/h5-9,16-17,26H,3-4,10-11H2,1-2H3. The average Bonchev–Trinajstić information content (AvgIpc) is 3.05. The quantitative estimate of drug-likeness (QED) is 0.841. The van der Waals surface area contributed by atoms with E-state index in [1.165, 1.54) is 0 Å². The molecule has 136 valence electrons. The molecule has 2 unspecified atom stereocenters. The number of aromatic nitrogens is 3. The number of aliphatic hydroxyl groups excluding tert-OH is 1. The van der Waals surface area contributed by atoms with E-state index in [0.717, 1.165) is 41.3 Å². The van der Waals surface area contributed by atoms with Crippen LogP contribution in [0, 0.1) is 13.8 Å². The van der Waals surface area contributed by atoms with Crippen LogP contribution in [0.2, 0.25) is 0 Å². The van der Waals surface area contributed by atoms with Gasteiger partial charge in [0.25, 0.3) is 0 Å². The Morgan fingerprint density at radius 1 is 1.31 bits per heavy atom. The molecule has 0 amide bonds. The Morgan fingerprint density at radius 3 is 2.92 bits per heavy atom. The van der Waals surface area contributed by atoms with Gasteiger partial charge in [-0.2, -0.15) is 0 Å². The summed E-state index contributed by atoms with van der Waals surface area (Å²) in [6.07, 6.45) is 7.65. The first-order valence-corrected chi connectivity index (χ1v) is 9.21. The molecule has 26 heavy (non-hydrogen) atoms. The molecular formula is C19H22ClN5O. The van der Waals surface area contributed by atoms with Gasteiger partial charge in [-0.3, -0.25) is 14.9 Å². The smallest absolute Gasteiger partial charge is 0.123 e. The van der Waals surface area contributed by atoms with Crippen LogP contribution in [0.3, 0.4) is 0 Å². The third-order valence-corrected chi connectivity index (χ3v) is 5.25. The molecule has 2 aromatic heterocycles. The SMILES string of the molecule is Cc1cnc(C2=CC(N3CCn4cc(CO)nc4C3)N=CC2Cl)c(C)c1. The number of rotatable bonds is 3. The number of aliphatic hydroxyl groups is 1. The highest BCUT2D eigenvalue weighted by atomic mass is 35.5. The molecule has 0 saturated carbocycles. The maximum absolute atomic E-state index is 9.29. The minimum Gasteiger partial charge on any atom is -0.390 e. The Bertz CT molecular complexity index is 888. The molecular weight excluding hydrogens is 350 g/mol. The number of hydrogen-bond acceptors (Lipinski definition) is 5. The van der Waals surface area contributed by atoms with E-state index in [1.54, 1.807) is 0 Å². The maximum Gasteiger partial charge on any atom is 0.123 e. The monoisotopic (exact) mass is 371 g/mol. The summed E-state index contributed by atoms with van der Waals surface area (Å²) in [6, 6.07) is 2.13. The van der Waals surface area contributed by atoms with Crippen molar-refractivity contribution in [3.63, 3.8) is 0 Å². The molecule has 0 bridgehead atoms. The molecule has 0 spiro atoms. The Balaban J connectivity index is 1.61. The molecule has 0 aromatic carbocycles. The lowest BCUT2D eigenvalue weighted by atomic mass is 10.00. The number of allylic oxidation sites excluding steroid dienone is 1. The van der Waals surface area contributed by atoms with Crippen LogP contribution < -0.4 is 0 Å². The van der Waals surface area contributed by atoms with Gasteiger partial charge in [0.05, 0.1) is 29.9 Å². The third-order valence-electron chi connectivity index (χ3n) is 4.90. The van der Waals surface area contributed by atoms with Crippen molar-refractivity contribution in [2.24, 2.45) is 4.99 Å². The van der Waals surface area contributed by atoms with E-state index in [4.69, 9.17) is 11.6 Å². The van der Waals surface area contributed by atoms with Gasteiger partial charge >= 0.3 is 0 Å². The maximum atomic E-state index is 9.29. The van der Waals surface area contributed by atoms with Gasteiger partial charge in [-0.1, -0.05) is 6.07 Å². The molecule has 2 atom stereocenters. The lowest BCUT2D eigenvalue weighted by Crippen LogP contribution is -2.41. The first-order valence-electron chi connectivity index (χ1n) is 8.77. The highest BCUT2D eigenvalue weighted by Gasteiger charge is 2.28. The predicted molar refractivity (Wildman–Crippen MR) is 102 cm³/mol. The molecule has 6 nitrogen and oxygen atoms in total. The summed E-state index contributed by atoms with van der Waals surface area (Å²) in [6.45, 7) is 6.47. The van der Waals surface area contributed by atoms with Gasteiger partial charge in [0.1, 0.15) is 12.0 Å². The molecule has 0 fully saturated rings. The number of aryl methyl sites for hydroxylation is 2. The Morgan fingerprint density at radius 2 is 2.15 bits per heavy atom. The van der Waals surface area contributed by atoms with Crippen LogP contribution in [0.4, 0.5) is 0 Å². The summed E-state index contributed by atoms with van der Waals surface area (Å²) in [5.41, 5.74) is 4.92. The number of aliphatic imine (C=N–C) groups is 1. The molecule has 2 aromatic rings. The van der Waals surface area contributed by atoms with Crippen molar-refractivity contribution in [2.75, 3.05) is 6.54 Å². The van der Waals surface area contributed by atoms with Crippen LogP contribution >= 0.6 is 11.6 Å². The van der Waals surface area contributed by atoms with E-state index in [1.807, 2.05) is 25.5 Å². The van der Waals surface area contributed by atoms with E-state index in [9.17, 15) is 5.11 Å². The molecule has 0 aliphatic carbocycles. The number of hydrogen-bond donors (Lipinski definition) is 1. The Kier molecular flexibility index (Phi) is 4.65. The number of pyridine rings is 1. The average molecular weight is 372 g/mol. The van der Waals surface area contributed by atoms with Crippen molar-refractivity contribution in [2.45, 2.75) is 45.1 Å². The summed E-state index contributed by atoms with van der Waals surface area (Å²) in [7, 11) is 0. The van der Waals surface area contributed by atoms with Gasteiger partial charge in [0.2, 0.25) is 0 Å². The number of imidazole rings is 1. The van der Waals surface area contributed by atoms with Gasteiger partial charge in [-0.15, -0.1) is 11.6 Å². The summed E-state index contributed by atoms with van der Waals surface area (Å²) in [5.74, 6) is 0.961. The first kappa shape index (κ1) is 17.4. The van der Waals surface area contributed by atoms with Gasteiger partial charge in [0.15, 0.2) is 0 Å². The summed E-state index contributed by atoms with van der Waals surface area (Å²) in [4.78, 5) is 16.0. The fourth-order valence-electron chi connectivity index (χ4n) is 3.60. The third kappa shape index (κ3) is 3.20. The molecule has 4 heterocycles. The normalized spacial score (nSPS) is 23.0. The minimum atomic E-state index is -0.270. The Labute approximate surface area is 157 Å². The molecule has 2 aliphatic rings. The highest BCUT2D eigenvalue weighted by Crippen LogP contribution is 2.29. The largest absolute Gasteiger partial charge is 0.390 e. The number of nitrogens with zero attached hydrogens (tertiary/aromatic N) is 5. The van der Waals surface area contributed by atoms with Crippen LogP contribution in [0.1, 0.15) is 28.3 Å². The zero-order chi connectivity index (χ0) is 18.3. The minimum absolute atomic E-state index is 0.0298. The zero-order valence-corrected chi connectivity index (χ0v) is 15.7. The second kappa shape index (κ2) is 6.95. The highest BCUT2D eigenvalue weighted by molar-refractivity contribution is 6.34. The van der Waals surface area contributed by atoms with Crippen LogP contribution in [-0.4, -0.2) is 48.8 Å². The van der Waals surface area contributed by atoms with Crippen LogP contribution in [0.15, 0.2) is 29.5 Å².